The zero-order valence-corrected chi connectivity index (χ0v) is 12.3. The van der Waals surface area contributed by atoms with Gasteiger partial charge in [-0.2, -0.15) is 0 Å². The molecule has 0 aliphatic rings. The van der Waals surface area contributed by atoms with Crippen LogP contribution in [-0.4, -0.2) is 31.5 Å². The summed E-state index contributed by atoms with van der Waals surface area (Å²) in [7, 11) is 3.70. The molecule has 0 spiro atoms. The SMILES string of the molecule is CN=C(NCCc1ccco1)N(C)Cc1ccc(F)cc1. The third-order valence-corrected chi connectivity index (χ3v) is 3.14. The van der Waals surface area contributed by atoms with Gasteiger partial charge in [-0.1, -0.05) is 12.1 Å². The Morgan fingerprint density at radius 1 is 1.29 bits per heavy atom. The van der Waals surface area contributed by atoms with Crippen LogP contribution in [0, 0.1) is 5.82 Å². The third kappa shape index (κ3) is 4.63. The van der Waals surface area contributed by atoms with Crippen LogP contribution in [0.15, 0.2) is 52.1 Å². The molecular weight excluding hydrogens is 269 g/mol. The van der Waals surface area contributed by atoms with Crippen molar-refractivity contribution in [3.05, 3.63) is 59.8 Å². The molecule has 1 heterocycles. The van der Waals surface area contributed by atoms with Crippen LogP contribution in [0.25, 0.3) is 0 Å². The predicted molar refractivity (Wildman–Crippen MR) is 81.6 cm³/mol. The van der Waals surface area contributed by atoms with E-state index >= 15 is 0 Å². The van der Waals surface area contributed by atoms with Gasteiger partial charge in [0.25, 0.3) is 0 Å². The summed E-state index contributed by atoms with van der Waals surface area (Å²) in [4.78, 5) is 6.24. The normalized spacial score (nSPS) is 11.5. The quantitative estimate of drug-likeness (QED) is 0.679. The number of halogens is 1. The van der Waals surface area contributed by atoms with Crippen molar-refractivity contribution in [1.29, 1.82) is 0 Å². The molecule has 1 N–H and O–H groups in total. The second-order valence-electron chi connectivity index (χ2n) is 4.79. The first-order valence-corrected chi connectivity index (χ1v) is 6.87. The van der Waals surface area contributed by atoms with E-state index in [4.69, 9.17) is 4.42 Å². The van der Waals surface area contributed by atoms with Crippen molar-refractivity contribution >= 4 is 5.96 Å². The van der Waals surface area contributed by atoms with Crippen LogP contribution in [0.2, 0.25) is 0 Å². The van der Waals surface area contributed by atoms with Crippen molar-refractivity contribution in [2.24, 2.45) is 4.99 Å². The summed E-state index contributed by atoms with van der Waals surface area (Å²) in [6.45, 7) is 1.41. The van der Waals surface area contributed by atoms with Crippen LogP contribution in [-0.2, 0) is 13.0 Å². The van der Waals surface area contributed by atoms with Gasteiger partial charge in [-0.25, -0.2) is 4.39 Å². The zero-order chi connectivity index (χ0) is 15.1. The van der Waals surface area contributed by atoms with E-state index in [-0.39, 0.29) is 5.82 Å². The largest absolute Gasteiger partial charge is 0.469 e. The first-order valence-electron chi connectivity index (χ1n) is 6.87. The van der Waals surface area contributed by atoms with E-state index in [2.05, 4.69) is 10.3 Å². The molecule has 5 heteroatoms. The fraction of sp³-hybridized carbons (Fsp3) is 0.312. The number of nitrogens with zero attached hydrogens (tertiary/aromatic N) is 2. The summed E-state index contributed by atoms with van der Waals surface area (Å²) in [5.74, 6) is 1.52. The maximum Gasteiger partial charge on any atom is 0.193 e. The van der Waals surface area contributed by atoms with Crippen molar-refractivity contribution < 1.29 is 8.81 Å². The van der Waals surface area contributed by atoms with E-state index in [0.29, 0.717) is 6.54 Å². The molecule has 0 saturated heterocycles. The Bertz CT molecular complexity index is 564. The van der Waals surface area contributed by atoms with Gasteiger partial charge in [0.2, 0.25) is 0 Å². The Kier molecular flexibility index (Phi) is 5.37. The number of rotatable bonds is 5. The van der Waals surface area contributed by atoms with E-state index in [9.17, 15) is 4.39 Å². The molecule has 0 fully saturated rings. The smallest absolute Gasteiger partial charge is 0.193 e. The average molecular weight is 289 g/mol. The van der Waals surface area contributed by atoms with E-state index < -0.39 is 0 Å². The second kappa shape index (κ2) is 7.47. The van der Waals surface area contributed by atoms with Gasteiger partial charge in [-0.05, 0) is 29.8 Å². The van der Waals surface area contributed by atoms with Crippen LogP contribution >= 0.6 is 0 Å². The topological polar surface area (TPSA) is 40.8 Å². The summed E-state index contributed by atoms with van der Waals surface area (Å²) in [6, 6.07) is 10.3. The molecule has 0 saturated carbocycles. The highest BCUT2D eigenvalue weighted by molar-refractivity contribution is 5.79. The molecule has 1 aromatic carbocycles. The molecule has 0 radical (unpaired) electrons. The van der Waals surface area contributed by atoms with Crippen molar-refractivity contribution in [1.82, 2.24) is 10.2 Å². The minimum Gasteiger partial charge on any atom is -0.469 e. The number of hydrogen-bond acceptors (Lipinski definition) is 2. The van der Waals surface area contributed by atoms with Crippen LogP contribution < -0.4 is 5.32 Å². The molecule has 0 aliphatic heterocycles. The molecular formula is C16H20FN3O. The zero-order valence-electron chi connectivity index (χ0n) is 12.3. The fourth-order valence-corrected chi connectivity index (χ4v) is 2.08. The Morgan fingerprint density at radius 2 is 2.05 bits per heavy atom. The summed E-state index contributed by atoms with van der Waals surface area (Å²) in [5.41, 5.74) is 1.04. The number of nitrogens with one attached hydrogen (secondary N) is 1. The van der Waals surface area contributed by atoms with Gasteiger partial charge in [0, 0.05) is 33.6 Å². The third-order valence-electron chi connectivity index (χ3n) is 3.14. The summed E-state index contributed by atoms with van der Waals surface area (Å²) in [5, 5.41) is 3.28. The Labute approximate surface area is 124 Å². The molecule has 112 valence electrons. The summed E-state index contributed by atoms with van der Waals surface area (Å²) in [6.07, 6.45) is 2.47. The van der Waals surface area contributed by atoms with Crippen LogP contribution in [0.1, 0.15) is 11.3 Å². The van der Waals surface area contributed by atoms with Crippen LogP contribution in [0.4, 0.5) is 4.39 Å². The highest BCUT2D eigenvalue weighted by Crippen LogP contribution is 2.06. The van der Waals surface area contributed by atoms with Gasteiger partial charge in [0.1, 0.15) is 11.6 Å². The number of hydrogen-bond donors (Lipinski definition) is 1. The maximum atomic E-state index is 12.9. The monoisotopic (exact) mass is 289 g/mol. The Hall–Kier alpha value is -2.30. The molecule has 4 nitrogen and oxygen atoms in total. The Morgan fingerprint density at radius 3 is 2.67 bits per heavy atom. The lowest BCUT2D eigenvalue weighted by Crippen LogP contribution is -2.39. The number of aliphatic imine (C=N–C) groups is 1. The standard InChI is InChI=1S/C16H20FN3O/c1-18-16(19-10-9-15-4-3-11-21-15)20(2)12-13-5-7-14(17)8-6-13/h3-8,11H,9-10,12H2,1-2H3,(H,18,19). The molecule has 0 unspecified atom stereocenters. The lowest BCUT2D eigenvalue weighted by molar-refractivity contribution is 0.469. The first kappa shape index (κ1) is 15.1. The second-order valence-corrected chi connectivity index (χ2v) is 4.79. The first-order chi connectivity index (χ1) is 10.2. The number of guanidine groups is 1. The van der Waals surface area contributed by atoms with Crippen LogP contribution in [0.3, 0.4) is 0 Å². The van der Waals surface area contributed by atoms with E-state index in [1.807, 2.05) is 24.1 Å². The predicted octanol–water partition coefficient (Wildman–Crippen LogP) is 2.67. The molecule has 2 aromatic rings. The molecule has 21 heavy (non-hydrogen) atoms. The van der Waals surface area contributed by atoms with Gasteiger partial charge in [-0.15, -0.1) is 0 Å². The number of benzene rings is 1. The highest BCUT2D eigenvalue weighted by atomic mass is 19.1. The van der Waals surface area contributed by atoms with Crippen molar-refractivity contribution in [3.63, 3.8) is 0 Å². The lowest BCUT2D eigenvalue weighted by atomic mass is 10.2. The van der Waals surface area contributed by atoms with E-state index in [1.54, 1.807) is 25.4 Å². The maximum absolute atomic E-state index is 12.9. The molecule has 1 aromatic heterocycles. The molecule has 0 aliphatic carbocycles. The highest BCUT2D eigenvalue weighted by Gasteiger charge is 2.06. The van der Waals surface area contributed by atoms with Gasteiger partial charge in [0.15, 0.2) is 5.96 Å². The summed E-state index contributed by atoms with van der Waals surface area (Å²) < 4.78 is 18.2. The van der Waals surface area contributed by atoms with Gasteiger partial charge in [-0.3, -0.25) is 4.99 Å². The average Bonchev–Trinajstić information content (AvgIpc) is 2.99. The van der Waals surface area contributed by atoms with Crippen molar-refractivity contribution in [3.8, 4) is 0 Å². The molecule has 0 bridgehead atoms. The van der Waals surface area contributed by atoms with Gasteiger partial charge >= 0.3 is 0 Å². The summed E-state index contributed by atoms with van der Waals surface area (Å²) >= 11 is 0. The molecule has 0 atom stereocenters. The van der Waals surface area contributed by atoms with E-state index in [0.717, 1.165) is 30.2 Å². The minimum atomic E-state index is -0.220. The van der Waals surface area contributed by atoms with E-state index in [1.165, 1.54) is 12.1 Å². The molecule has 0 amide bonds. The lowest BCUT2D eigenvalue weighted by Gasteiger charge is -2.22. The van der Waals surface area contributed by atoms with Gasteiger partial charge < -0.3 is 14.6 Å². The molecule has 2 rings (SSSR count). The number of furan rings is 1. The minimum absolute atomic E-state index is 0.220. The van der Waals surface area contributed by atoms with Crippen molar-refractivity contribution in [2.45, 2.75) is 13.0 Å². The van der Waals surface area contributed by atoms with Crippen LogP contribution in [0.5, 0.6) is 0 Å². The Balaban J connectivity index is 1.83. The van der Waals surface area contributed by atoms with Gasteiger partial charge in [0.05, 0.1) is 6.26 Å². The fourth-order valence-electron chi connectivity index (χ4n) is 2.08. The van der Waals surface area contributed by atoms with Crippen molar-refractivity contribution in [2.75, 3.05) is 20.6 Å².